The molecule has 0 saturated carbocycles. The Morgan fingerprint density at radius 2 is 2.11 bits per heavy atom. The Labute approximate surface area is 113 Å². The molecule has 0 fully saturated rings. The third-order valence-corrected chi connectivity index (χ3v) is 3.77. The Kier molecular flexibility index (Phi) is 3.11. The SMILES string of the molecule is COc1ccc(CC2CN(C)c3ccccc32)nc1. The predicted octanol–water partition coefficient (Wildman–Crippen LogP) is 2.87. The zero-order valence-electron chi connectivity index (χ0n) is 11.3. The first kappa shape index (κ1) is 12.0. The van der Waals surface area contributed by atoms with Gasteiger partial charge in [-0.05, 0) is 30.2 Å². The van der Waals surface area contributed by atoms with Crippen molar-refractivity contribution in [1.29, 1.82) is 0 Å². The number of rotatable bonds is 3. The van der Waals surface area contributed by atoms with Crippen LogP contribution in [0.15, 0.2) is 42.6 Å². The van der Waals surface area contributed by atoms with Gasteiger partial charge in [0, 0.05) is 30.9 Å². The normalized spacial score (nSPS) is 17.4. The Bertz CT molecular complexity index is 565. The summed E-state index contributed by atoms with van der Waals surface area (Å²) in [5.74, 6) is 1.34. The molecule has 0 N–H and O–H groups in total. The number of likely N-dealkylation sites (N-methyl/N-ethyl adjacent to an activating group) is 1. The summed E-state index contributed by atoms with van der Waals surface area (Å²) in [7, 11) is 3.82. The van der Waals surface area contributed by atoms with Gasteiger partial charge in [-0.25, -0.2) is 0 Å². The van der Waals surface area contributed by atoms with Crippen molar-refractivity contribution in [3.05, 3.63) is 53.9 Å². The van der Waals surface area contributed by atoms with E-state index in [0.29, 0.717) is 5.92 Å². The number of hydrogen-bond donors (Lipinski definition) is 0. The summed E-state index contributed by atoms with van der Waals surface area (Å²) in [5, 5.41) is 0. The van der Waals surface area contributed by atoms with Gasteiger partial charge in [0.15, 0.2) is 0 Å². The number of benzene rings is 1. The third kappa shape index (κ3) is 2.28. The summed E-state index contributed by atoms with van der Waals surface area (Å²) in [4.78, 5) is 6.79. The quantitative estimate of drug-likeness (QED) is 0.842. The standard InChI is InChI=1S/C16H18N2O/c1-18-11-12(15-5-3-4-6-16(15)18)9-13-7-8-14(19-2)10-17-13/h3-8,10,12H,9,11H2,1-2H3. The molecule has 3 nitrogen and oxygen atoms in total. The van der Waals surface area contributed by atoms with E-state index in [1.165, 1.54) is 11.3 Å². The highest BCUT2D eigenvalue weighted by Crippen LogP contribution is 2.36. The summed E-state index contributed by atoms with van der Waals surface area (Å²) in [6.45, 7) is 1.06. The number of methoxy groups -OCH3 is 1. The lowest BCUT2D eigenvalue weighted by Crippen LogP contribution is -2.16. The van der Waals surface area contributed by atoms with Crippen LogP contribution in [-0.2, 0) is 6.42 Å². The van der Waals surface area contributed by atoms with E-state index in [9.17, 15) is 0 Å². The average Bonchev–Trinajstić information content (AvgIpc) is 2.77. The highest BCUT2D eigenvalue weighted by atomic mass is 16.5. The second kappa shape index (κ2) is 4.92. The Morgan fingerprint density at radius 3 is 2.84 bits per heavy atom. The molecule has 2 aromatic rings. The van der Waals surface area contributed by atoms with Crippen molar-refractivity contribution in [2.45, 2.75) is 12.3 Å². The van der Waals surface area contributed by atoms with Crippen molar-refractivity contribution in [2.24, 2.45) is 0 Å². The summed E-state index contributed by atoms with van der Waals surface area (Å²) >= 11 is 0. The van der Waals surface area contributed by atoms with Gasteiger partial charge in [0.1, 0.15) is 5.75 Å². The van der Waals surface area contributed by atoms with Gasteiger partial charge in [0.05, 0.1) is 13.3 Å². The molecule has 2 heterocycles. The van der Waals surface area contributed by atoms with Gasteiger partial charge in [-0.3, -0.25) is 4.98 Å². The van der Waals surface area contributed by atoms with Crippen LogP contribution < -0.4 is 9.64 Å². The van der Waals surface area contributed by atoms with Crippen LogP contribution in [0.25, 0.3) is 0 Å². The van der Waals surface area contributed by atoms with Gasteiger partial charge in [-0.2, -0.15) is 0 Å². The van der Waals surface area contributed by atoms with Crippen LogP contribution in [0.4, 0.5) is 5.69 Å². The molecule has 3 heteroatoms. The van der Waals surface area contributed by atoms with Gasteiger partial charge in [-0.1, -0.05) is 18.2 Å². The van der Waals surface area contributed by atoms with E-state index < -0.39 is 0 Å². The fourth-order valence-electron chi connectivity index (χ4n) is 2.79. The lowest BCUT2D eigenvalue weighted by molar-refractivity contribution is 0.412. The zero-order chi connectivity index (χ0) is 13.2. The highest BCUT2D eigenvalue weighted by molar-refractivity contribution is 5.59. The zero-order valence-corrected chi connectivity index (χ0v) is 11.3. The van der Waals surface area contributed by atoms with E-state index in [4.69, 9.17) is 4.74 Å². The number of anilines is 1. The van der Waals surface area contributed by atoms with E-state index in [2.05, 4.69) is 47.3 Å². The first-order valence-corrected chi connectivity index (χ1v) is 6.57. The van der Waals surface area contributed by atoms with Crippen molar-refractivity contribution in [2.75, 3.05) is 25.6 Å². The minimum absolute atomic E-state index is 0.530. The summed E-state index contributed by atoms with van der Waals surface area (Å²) in [6.07, 6.45) is 2.77. The minimum Gasteiger partial charge on any atom is -0.495 e. The van der Waals surface area contributed by atoms with E-state index in [1.807, 2.05) is 6.07 Å². The molecule has 3 rings (SSSR count). The fraction of sp³-hybridized carbons (Fsp3) is 0.312. The van der Waals surface area contributed by atoms with Gasteiger partial charge < -0.3 is 9.64 Å². The molecule has 1 aliphatic heterocycles. The van der Waals surface area contributed by atoms with Crippen molar-refractivity contribution < 1.29 is 4.74 Å². The largest absolute Gasteiger partial charge is 0.495 e. The minimum atomic E-state index is 0.530. The monoisotopic (exact) mass is 254 g/mol. The van der Waals surface area contributed by atoms with Crippen molar-refractivity contribution in [1.82, 2.24) is 4.98 Å². The third-order valence-electron chi connectivity index (χ3n) is 3.77. The molecule has 19 heavy (non-hydrogen) atoms. The number of para-hydroxylation sites is 1. The molecule has 0 amide bonds. The first-order chi connectivity index (χ1) is 9.28. The maximum Gasteiger partial charge on any atom is 0.137 e. The molecule has 1 unspecified atom stereocenters. The molecule has 1 aliphatic rings. The number of aromatic nitrogens is 1. The van der Waals surface area contributed by atoms with Gasteiger partial charge in [-0.15, -0.1) is 0 Å². The topological polar surface area (TPSA) is 25.4 Å². The van der Waals surface area contributed by atoms with Crippen LogP contribution in [0, 0.1) is 0 Å². The van der Waals surface area contributed by atoms with E-state index in [1.54, 1.807) is 13.3 Å². The number of fused-ring (bicyclic) bond motifs is 1. The second-order valence-corrected chi connectivity index (χ2v) is 5.03. The average molecular weight is 254 g/mol. The molecule has 0 bridgehead atoms. The Hall–Kier alpha value is -2.03. The maximum atomic E-state index is 5.14. The van der Waals surface area contributed by atoms with Gasteiger partial charge >= 0.3 is 0 Å². The molecular formula is C16H18N2O. The summed E-state index contributed by atoms with van der Waals surface area (Å²) in [5.41, 5.74) is 3.90. The van der Waals surface area contributed by atoms with E-state index in [-0.39, 0.29) is 0 Å². The van der Waals surface area contributed by atoms with Crippen molar-refractivity contribution in [3.63, 3.8) is 0 Å². The number of pyridine rings is 1. The molecule has 98 valence electrons. The van der Waals surface area contributed by atoms with E-state index in [0.717, 1.165) is 24.4 Å². The van der Waals surface area contributed by atoms with Crippen molar-refractivity contribution >= 4 is 5.69 Å². The van der Waals surface area contributed by atoms with Gasteiger partial charge in [0.25, 0.3) is 0 Å². The molecule has 0 aliphatic carbocycles. The van der Waals surface area contributed by atoms with Crippen LogP contribution >= 0.6 is 0 Å². The van der Waals surface area contributed by atoms with Crippen molar-refractivity contribution in [3.8, 4) is 5.75 Å². The maximum absolute atomic E-state index is 5.14. The molecule has 0 spiro atoms. The Morgan fingerprint density at radius 1 is 1.26 bits per heavy atom. The molecule has 1 aromatic carbocycles. The lowest BCUT2D eigenvalue weighted by Gasteiger charge is -2.12. The van der Waals surface area contributed by atoms with Crippen LogP contribution in [0.5, 0.6) is 5.75 Å². The number of ether oxygens (including phenoxy) is 1. The molecule has 0 saturated heterocycles. The molecular weight excluding hydrogens is 236 g/mol. The van der Waals surface area contributed by atoms with Crippen LogP contribution in [0.1, 0.15) is 17.2 Å². The lowest BCUT2D eigenvalue weighted by atomic mass is 9.96. The molecule has 0 radical (unpaired) electrons. The summed E-state index contributed by atoms with van der Waals surface area (Å²) in [6, 6.07) is 12.7. The Balaban J connectivity index is 1.81. The summed E-state index contributed by atoms with van der Waals surface area (Å²) < 4.78 is 5.14. The highest BCUT2D eigenvalue weighted by Gasteiger charge is 2.26. The smallest absolute Gasteiger partial charge is 0.137 e. The second-order valence-electron chi connectivity index (χ2n) is 5.03. The number of hydrogen-bond acceptors (Lipinski definition) is 3. The van der Waals surface area contributed by atoms with Crippen LogP contribution in [-0.4, -0.2) is 25.7 Å². The fourth-order valence-corrected chi connectivity index (χ4v) is 2.79. The van der Waals surface area contributed by atoms with Crippen LogP contribution in [0.2, 0.25) is 0 Å². The van der Waals surface area contributed by atoms with Gasteiger partial charge in [0.2, 0.25) is 0 Å². The first-order valence-electron chi connectivity index (χ1n) is 6.57. The van der Waals surface area contributed by atoms with Crippen LogP contribution in [0.3, 0.4) is 0 Å². The molecule has 1 aromatic heterocycles. The van der Waals surface area contributed by atoms with E-state index >= 15 is 0 Å². The number of nitrogens with zero attached hydrogens (tertiary/aromatic N) is 2. The predicted molar refractivity (Wildman–Crippen MR) is 76.9 cm³/mol. The molecule has 1 atom stereocenters.